The molecule has 1 aromatic heterocycles. The van der Waals surface area contributed by atoms with Crippen LogP contribution in [0.15, 0.2) is 60.7 Å². The zero-order chi connectivity index (χ0) is 13.2. The van der Waals surface area contributed by atoms with Crippen molar-refractivity contribution in [2.24, 2.45) is 7.05 Å². The molecule has 2 aromatic carbocycles. The standard InChI is InChI=1S/C16H14N2O/c1-18-15(13-10-6-3-7-11-13)16(19)14(17-18)12-8-4-2-5-9-12/h2-11,19H,1H3. The van der Waals surface area contributed by atoms with Crippen LogP contribution in [0, 0.1) is 0 Å². The van der Waals surface area contributed by atoms with Crippen molar-refractivity contribution >= 4 is 0 Å². The molecule has 0 amide bonds. The summed E-state index contributed by atoms with van der Waals surface area (Å²) in [7, 11) is 1.84. The Labute approximate surface area is 111 Å². The van der Waals surface area contributed by atoms with Crippen LogP contribution < -0.4 is 0 Å². The van der Waals surface area contributed by atoms with Crippen molar-refractivity contribution in [2.45, 2.75) is 0 Å². The number of hydrogen-bond donors (Lipinski definition) is 1. The second-order valence-corrected chi connectivity index (χ2v) is 4.40. The molecule has 0 fully saturated rings. The molecule has 3 heteroatoms. The summed E-state index contributed by atoms with van der Waals surface area (Å²) in [5.41, 5.74) is 3.22. The molecular formula is C16H14N2O. The third kappa shape index (κ3) is 1.99. The van der Waals surface area contributed by atoms with E-state index in [-0.39, 0.29) is 5.75 Å². The van der Waals surface area contributed by atoms with Crippen molar-refractivity contribution in [3.8, 4) is 28.3 Å². The topological polar surface area (TPSA) is 38.0 Å². The van der Waals surface area contributed by atoms with Crippen molar-refractivity contribution in [1.82, 2.24) is 9.78 Å². The Kier molecular flexibility index (Phi) is 2.80. The molecule has 3 aromatic rings. The van der Waals surface area contributed by atoms with E-state index in [1.807, 2.05) is 67.7 Å². The molecule has 0 unspecified atom stereocenters. The smallest absolute Gasteiger partial charge is 0.169 e. The van der Waals surface area contributed by atoms with E-state index in [1.54, 1.807) is 4.68 Å². The fraction of sp³-hybridized carbons (Fsp3) is 0.0625. The Hall–Kier alpha value is -2.55. The minimum absolute atomic E-state index is 0.222. The van der Waals surface area contributed by atoms with Crippen molar-refractivity contribution < 1.29 is 5.11 Å². The second-order valence-electron chi connectivity index (χ2n) is 4.40. The van der Waals surface area contributed by atoms with Crippen LogP contribution in [0.25, 0.3) is 22.5 Å². The molecule has 1 N–H and O–H groups in total. The van der Waals surface area contributed by atoms with Crippen LogP contribution in [0.5, 0.6) is 5.75 Å². The first-order valence-electron chi connectivity index (χ1n) is 6.14. The number of aryl methyl sites for hydroxylation is 1. The fourth-order valence-corrected chi connectivity index (χ4v) is 2.22. The molecule has 0 aliphatic rings. The van der Waals surface area contributed by atoms with E-state index in [2.05, 4.69) is 5.10 Å². The lowest BCUT2D eigenvalue weighted by Gasteiger charge is -2.02. The quantitative estimate of drug-likeness (QED) is 0.756. The van der Waals surface area contributed by atoms with Gasteiger partial charge in [-0.25, -0.2) is 0 Å². The molecule has 1 heterocycles. The molecule has 19 heavy (non-hydrogen) atoms. The Bertz CT molecular complexity index is 688. The molecule has 0 aliphatic carbocycles. The van der Waals surface area contributed by atoms with Crippen LogP contribution in [0.2, 0.25) is 0 Å². The highest BCUT2D eigenvalue weighted by Crippen LogP contribution is 2.36. The minimum Gasteiger partial charge on any atom is -0.504 e. The summed E-state index contributed by atoms with van der Waals surface area (Å²) in [5, 5.41) is 14.9. The molecule has 0 atom stereocenters. The van der Waals surface area contributed by atoms with E-state index >= 15 is 0 Å². The van der Waals surface area contributed by atoms with Gasteiger partial charge in [0.05, 0.1) is 0 Å². The van der Waals surface area contributed by atoms with E-state index in [0.717, 1.165) is 16.8 Å². The van der Waals surface area contributed by atoms with Crippen molar-refractivity contribution in [2.75, 3.05) is 0 Å². The van der Waals surface area contributed by atoms with E-state index in [9.17, 15) is 5.11 Å². The Balaban J connectivity index is 2.17. The van der Waals surface area contributed by atoms with Gasteiger partial charge in [-0.15, -0.1) is 0 Å². The van der Waals surface area contributed by atoms with Crippen LogP contribution in [0.4, 0.5) is 0 Å². The SMILES string of the molecule is Cn1nc(-c2ccccc2)c(O)c1-c1ccccc1. The first kappa shape index (κ1) is 11.5. The van der Waals surface area contributed by atoms with Crippen LogP contribution in [-0.2, 0) is 7.05 Å². The largest absolute Gasteiger partial charge is 0.504 e. The van der Waals surface area contributed by atoms with Crippen LogP contribution >= 0.6 is 0 Å². The average Bonchev–Trinajstić information content (AvgIpc) is 2.76. The number of rotatable bonds is 2. The molecule has 0 radical (unpaired) electrons. The Morgan fingerprint density at radius 3 is 1.95 bits per heavy atom. The predicted octanol–water partition coefficient (Wildman–Crippen LogP) is 3.46. The van der Waals surface area contributed by atoms with Gasteiger partial charge in [0.1, 0.15) is 11.4 Å². The fourth-order valence-electron chi connectivity index (χ4n) is 2.22. The highest BCUT2D eigenvalue weighted by Gasteiger charge is 2.17. The number of benzene rings is 2. The van der Waals surface area contributed by atoms with E-state index in [4.69, 9.17) is 0 Å². The molecule has 0 aliphatic heterocycles. The molecule has 0 saturated heterocycles. The van der Waals surface area contributed by atoms with E-state index in [0.29, 0.717) is 5.69 Å². The van der Waals surface area contributed by atoms with Gasteiger partial charge in [0.15, 0.2) is 5.75 Å². The Morgan fingerprint density at radius 1 is 0.842 bits per heavy atom. The zero-order valence-corrected chi connectivity index (χ0v) is 10.6. The monoisotopic (exact) mass is 250 g/mol. The molecule has 3 nitrogen and oxygen atoms in total. The van der Waals surface area contributed by atoms with Gasteiger partial charge in [0, 0.05) is 18.2 Å². The molecule has 94 valence electrons. The maximum absolute atomic E-state index is 10.4. The second kappa shape index (κ2) is 4.61. The first-order chi connectivity index (χ1) is 9.27. The Morgan fingerprint density at radius 2 is 1.37 bits per heavy atom. The van der Waals surface area contributed by atoms with Crippen molar-refractivity contribution in [3.63, 3.8) is 0 Å². The third-order valence-corrected chi connectivity index (χ3v) is 3.12. The third-order valence-electron chi connectivity index (χ3n) is 3.12. The summed E-state index contributed by atoms with van der Waals surface area (Å²) in [5.74, 6) is 0.222. The molecule has 3 rings (SSSR count). The van der Waals surface area contributed by atoms with Gasteiger partial charge >= 0.3 is 0 Å². The normalized spacial score (nSPS) is 10.6. The summed E-state index contributed by atoms with van der Waals surface area (Å²) in [6.07, 6.45) is 0. The molecule has 0 spiro atoms. The minimum atomic E-state index is 0.222. The maximum Gasteiger partial charge on any atom is 0.169 e. The zero-order valence-electron chi connectivity index (χ0n) is 10.6. The summed E-state index contributed by atoms with van der Waals surface area (Å²) >= 11 is 0. The summed E-state index contributed by atoms with van der Waals surface area (Å²) in [6.45, 7) is 0. The van der Waals surface area contributed by atoms with Crippen molar-refractivity contribution in [1.29, 1.82) is 0 Å². The summed E-state index contributed by atoms with van der Waals surface area (Å²) in [4.78, 5) is 0. The van der Waals surface area contributed by atoms with Crippen molar-refractivity contribution in [3.05, 3.63) is 60.7 Å². The number of aromatic hydroxyl groups is 1. The lowest BCUT2D eigenvalue weighted by molar-refractivity contribution is 0.478. The maximum atomic E-state index is 10.4. The molecule has 0 bridgehead atoms. The number of nitrogens with zero attached hydrogens (tertiary/aromatic N) is 2. The first-order valence-corrected chi connectivity index (χ1v) is 6.14. The van der Waals surface area contributed by atoms with E-state index in [1.165, 1.54) is 0 Å². The van der Waals surface area contributed by atoms with Gasteiger partial charge in [-0.3, -0.25) is 4.68 Å². The summed E-state index contributed by atoms with van der Waals surface area (Å²) in [6, 6.07) is 19.5. The lowest BCUT2D eigenvalue weighted by Crippen LogP contribution is -1.93. The van der Waals surface area contributed by atoms with Gasteiger partial charge in [-0.1, -0.05) is 60.7 Å². The van der Waals surface area contributed by atoms with Gasteiger partial charge in [-0.2, -0.15) is 5.10 Å². The van der Waals surface area contributed by atoms with Gasteiger partial charge < -0.3 is 5.11 Å². The van der Waals surface area contributed by atoms with E-state index < -0.39 is 0 Å². The van der Waals surface area contributed by atoms with Gasteiger partial charge in [0.2, 0.25) is 0 Å². The average molecular weight is 250 g/mol. The summed E-state index contributed by atoms with van der Waals surface area (Å²) < 4.78 is 1.72. The van der Waals surface area contributed by atoms with Crippen LogP contribution in [-0.4, -0.2) is 14.9 Å². The molecule has 0 saturated carbocycles. The predicted molar refractivity (Wildman–Crippen MR) is 75.7 cm³/mol. The highest BCUT2D eigenvalue weighted by atomic mass is 16.3. The van der Waals surface area contributed by atoms with Crippen LogP contribution in [0.3, 0.4) is 0 Å². The highest BCUT2D eigenvalue weighted by molar-refractivity contribution is 5.77. The van der Waals surface area contributed by atoms with Gasteiger partial charge in [0.25, 0.3) is 0 Å². The molecular weight excluding hydrogens is 236 g/mol. The lowest BCUT2D eigenvalue weighted by atomic mass is 10.1. The number of aromatic nitrogens is 2. The van der Waals surface area contributed by atoms with Gasteiger partial charge in [-0.05, 0) is 0 Å². The number of hydrogen-bond acceptors (Lipinski definition) is 2. The van der Waals surface area contributed by atoms with Crippen LogP contribution in [0.1, 0.15) is 0 Å².